The molecule has 116 valence electrons. The third-order valence-corrected chi connectivity index (χ3v) is 8.46. The Labute approximate surface area is 130 Å². The molecule has 5 rings (SSSR count). The molecule has 8 atom stereocenters. The van der Waals surface area contributed by atoms with Crippen LogP contribution in [-0.4, -0.2) is 0 Å². The van der Waals surface area contributed by atoms with Gasteiger partial charge in [-0.25, -0.2) is 0 Å². The molecule has 0 aliphatic heterocycles. The number of fused-ring (bicyclic) bond motifs is 8. The van der Waals surface area contributed by atoms with Gasteiger partial charge >= 0.3 is 0 Å². The highest BCUT2D eigenvalue weighted by Crippen LogP contribution is 2.64. The second kappa shape index (κ2) is 5.14. The minimum absolute atomic E-state index is 1.00. The van der Waals surface area contributed by atoms with E-state index in [-0.39, 0.29) is 0 Å². The van der Waals surface area contributed by atoms with E-state index in [1.165, 1.54) is 19.3 Å². The molecule has 8 unspecified atom stereocenters. The zero-order valence-electron chi connectivity index (χ0n) is 13.6. The lowest BCUT2D eigenvalue weighted by molar-refractivity contribution is 0.0198. The Morgan fingerprint density at radius 2 is 1.43 bits per heavy atom. The van der Waals surface area contributed by atoms with Gasteiger partial charge in [0.25, 0.3) is 0 Å². The molecule has 0 aromatic rings. The van der Waals surface area contributed by atoms with E-state index in [2.05, 4.69) is 12.2 Å². The van der Waals surface area contributed by atoms with Crippen LogP contribution in [0.2, 0.25) is 0 Å². The summed E-state index contributed by atoms with van der Waals surface area (Å²) in [5, 5.41) is 0. The van der Waals surface area contributed by atoms with Crippen molar-refractivity contribution in [2.45, 2.75) is 70.6 Å². The molecule has 0 heteroatoms. The normalized spacial score (nSPS) is 55.2. The van der Waals surface area contributed by atoms with E-state index in [9.17, 15) is 0 Å². The van der Waals surface area contributed by atoms with E-state index < -0.39 is 0 Å². The molecular formula is C21H32. The predicted octanol–water partition coefficient (Wildman–Crippen LogP) is 5.83. The van der Waals surface area contributed by atoms with Crippen molar-refractivity contribution in [3.8, 4) is 0 Å². The fraction of sp³-hybridized carbons (Fsp3) is 0.905. The van der Waals surface area contributed by atoms with Crippen molar-refractivity contribution in [3.05, 3.63) is 12.2 Å². The minimum Gasteiger partial charge on any atom is -0.0879 e. The second-order valence-corrected chi connectivity index (χ2v) is 9.06. The molecule has 4 fully saturated rings. The van der Waals surface area contributed by atoms with Crippen molar-refractivity contribution < 1.29 is 0 Å². The molecule has 4 saturated carbocycles. The lowest BCUT2D eigenvalue weighted by Gasteiger charge is -2.47. The van der Waals surface area contributed by atoms with Crippen LogP contribution in [0.1, 0.15) is 70.6 Å². The zero-order chi connectivity index (χ0) is 13.8. The van der Waals surface area contributed by atoms with E-state index in [0.717, 1.165) is 47.3 Å². The molecule has 0 spiro atoms. The van der Waals surface area contributed by atoms with E-state index in [0.29, 0.717) is 0 Å². The van der Waals surface area contributed by atoms with Crippen LogP contribution in [-0.2, 0) is 0 Å². The fourth-order valence-corrected chi connectivity index (χ4v) is 7.90. The molecule has 0 radical (unpaired) electrons. The van der Waals surface area contributed by atoms with Gasteiger partial charge in [-0.2, -0.15) is 0 Å². The number of rotatable bonds is 0. The summed E-state index contributed by atoms with van der Waals surface area (Å²) in [7, 11) is 0. The number of hydrogen-bond donors (Lipinski definition) is 0. The third-order valence-electron chi connectivity index (χ3n) is 8.46. The van der Waals surface area contributed by atoms with Crippen LogP contribution in [0.25, 0.3) is 0 Å². The van der Waals surface area contributed by atoms with Crippen LogP contribution in [0, 0.1) is 47.3 Å². The summed E-state index contributed by atoms with van der Waals surface area (Å²) in [5.41, 5.74) is 0. The lowest BCUT2D eigenvalue weighted by atomic mass is 9.58. The van der Waals surface area contributed by atoms with Gasteiger partial charge in [0.1, 0.15) is 0 Å². The Morgan fingerprint density at radius 1 is 0.619 bits per heavy atom. The maximum atomic E-state index is 2.67. The summed E-state index contributed by atoms with van der Waals surface area (Å²) in [6.07, 6.45) is 22.3. The van der Waals surface area contributed by atoms with Crippen molar-refractivity contribution in [1.29, 1.82) is 0 Å². The van der Waals surface area contributed by atoms with Gasteiger partial charge in [-0.05, 0) is 79.4 Å². The maximum absolute atomic E-state index is 2.67. The molecule has 5 aliphatic carbocycles. The van der Waals surface area contributed by atoms with Crippen LogP contribution in [0.3, 0.4) is 0 Å². The van der Waals surface area contributed by atoms with E-state index in [4.69, 9.17) is 0 Å². The highest BCUT2D eigenvalue weighted by Gasteiger charge is 2.57. The van der Waals surface area contributed by atoms with Gasteiger partial charge in [-0.15, -0.1) is 0 Å². The van der Waals surface area contributed by atoms with E-state index >= 15 is 0 Å². The largest absolute Gasteiger partial charge is 0.0879 e. The van der Waals surface area contributed by atoms with Gasteiger partial charge < -0.3 is 0 Å². The Morgan fingerprint density at radius 3 is 2.38 bits per heavy atom. The monoisotopic (exact) mass is 284 g/mol. The summed E-state index contributed by atoms with van der Waals surface area (Å²) in [6, 6.07) is 0. The van der Waals surface area contributed by atoms with Crippen molar-refractivity contribution in [1.82, 2.24) is 0 Å². The van der Waals surface area contributed by atoms with Crippen molar-refractivity contribution in [2.75, 3.05) is 0 Å². The van der Waals surface area contributed by atoms with Crippen LogP contribution < -0.4 is 0 Å². The molecule has 0 amide bonds. The Balaban J connectivity index is 1.48. The molecule has 0 heterocycles. The van der Waals surface area contributed by atoms with Gasteiger partial charge in [0, 0.05) is 0 Å². The number of allylic oxidation sites excluding steroid dienone is 2. The van der Waals surface area contributed by atoms with Crippen LogP contribution in [0.15, 0.2) is 12.2 Å². The topological polar surface area (TPSA) is 0 Å². The summed E-state index contributed by atoms with van der Waals surface area (Å²) < 4.78 is 0. The van der Waals surface area contributed by atoms with E-state index in [1.807, 2.05) is 0 Å². The first-order valence-corrected chi connectivity index (χ1v) is 10.1. The smallest absolute Gasteiger partial charge is 0.0168 e. The maximum Gasteiger partial charge on any atom is -0.0168 e. The molecule has 0 N–H and O–H groups in total. The number of hydrogen-bond acceptors (Lipinski definition) is 0. The molecule has 21 heavy (non-hydrogen) atoms. The molecule has 5 aliphatic rings. The SMILES string of the molecule is C1=CC2C3CCCC3C3CC4CCCCCCC4C3C2C1. The van der Waals surface area contributed by atoms with Crippen LogP contribution in [0.4, 0.5) is 0 Å². The molecular weight excluding hydrogens is 252 g/mol. The first-order valence-electron chi connectivity index (χ1n) is 10.1. The molecule has 0 bridgehead atoms. The summed E-state index contributed by atoms with van der Waals surface area (Å²) in [6.45, 7) is 0. The fourth-order valence-electron chi connectivity index (χ4n) is 7.90. The molecule has 0 aromatic heterocycles. The first kappa shape index (κ1) is 13.2. The lowest BCUT2D eigenvalue weighted by Crippen LogP contribution is -2.42. The highest BCUT2D eigenvalue weighted by molar-refractivity contribution is 5.15. The van der Waals surface area contributed by atoms with Gasteiger partial charge in [-0.1, -0.05) is 50.7 Å². The Kier molecular flexibility index (Phi) is 3.23. The van der Waals surface area contributed by atoms with Gasteiger partial charge in [0.05, 0.1) is 0 Å². The third kappa shape index (κ3) is 1.93. The average Bonchev–Trinajstić information content (AvgIpc) is 3.14. The van der Waals surface area contributed by atoms with Gasteiger partial charge in [-0.3, -0.25) is 0 Å². The quantitative estimate of drug-likeness (QED) is 0.491. The van der Waals surface area contributed by atoms with E-state index in [1.54, 1.807) is 51.4 Å². The van der Waals surface area contributed by atoms with Crippen LogP contribution >= 0.6 is 0 Å². The van der Waals surface area contributed by atoms with Crippen molar-refractivity contribution in [3.63, 3.8) is 0 Å². The standard InChI is InChI=1S/C21H32/c1-2-4-8-15-14(7-3-1)13-20-18-11-5-9-16(18)17-10-6-12-19(17)21(15)20/h6,10,14-21H,1-5,7-9,11-13H2. The highest BCUT2D eigenvalue weighted by atomic mass is 14.6. The first-order chi connectivity index (χ1) is 10.4. The second-order valence-electron chi connectivity index (χ2n) is 9.06. The molecule has 0 nitrogen and oxygen atoms in total. The summed E-state index contributed by atoms with van der Waals surface area (Å²) in [5.74, 6) is 8.84. The minimum atomic E-state index is 1.00. The zero-order valence-corrected chi connectivity index (χ0v) is 13.6. The van der Waals surface area contributed by atoms with Gasteiger partial charge in [0.2, 0.25) is 0 Å². The molecule has 0 aromatic carbocycles. The van der Waals surface area contributed by atoms with Crippen LogP contribution in [0.5, 0.6) is 0 Å². The predicted molar refractivity (Wildman–Crippen MR) is 87.8 cm³/mol. The Bertz CT molecular complexity index is 422. The summed E-state index contributed by atoms with van der Waals surface area (Å²) >= 11 is 0. The molecule has 0 saturated heterocycles. The van der Waals surface area contributed by atoms with Crippen molar-refractivity contribution in [2.24, 2.45) is 47.3 Å². The Hall–Kier alpha value is -0.260. The van der Waals surface area contributed by atoms with Crippen molar-refractivity contribution >= 4 is 0 Å². The summed E-state index contributed by atoms with van der Waals surface area (Å²) in [4.78, 5) is 0. The van der Waals surface area contributed by atoms with Gasteiger partial charge in [0.15, 0.2) is 0 Å². The average molecular weight is 284 g/mol.